The van der Waals surface area contributed by atoms with Gasteiger partial charge >= 0.3 is 0 Å². The van der Waals surface area contributed by atoms with Crippen molar-refractivity contribution in [1.29, 1.82) is 0 Å². The third-order valence-corrected chi connectivity index (χ3v) is 5.44. The summed E-state index contributed by atoms with van der Waals surface area (Å²) in [5.41, 5.74) is 0. The van der Waals surface area contributed by atoms with Crippen molar-refractivity contribution >= 4 is 34.5 Å². The number of thiophene rings is 2. The summed E-state index contributed by atoms with van der Waals surface area (Å²) in [7, 11) is 4.02. The fourth-order valence-corrected chi connectivity index (χ4v) is 3.83. The highest BCUT2D eigenvalue weighted by molar-refractivity contribution is 7.12. The van der Waals surface area contributed by atoms with Crippen molar-refractivity contribution in [3.63, 3.8) is 0 Å². The van der Waals surface area contributed by atoms with Crippen LogP contribution >= 0.6 is 22.7 Å². The molecule has 0 saturated carbocycles. The Bertz CT molecular complexity index is 624. The standard InChI is InChI=1S/C17H23N3O2S2/c1-20(2)13(14-6-4-10-23-14)12-19-16(21)8-3-9-18-17(22)15-7-5-11-24-15/h4-7,10-11,13H,3,8-9,12H2,1-2H3,(H,18,22)(H,19,21). The fourth-order valence-electron chi connectivity index (χ4n) is 2.26. The van der Waals surface area contributed by atoms with E-state index in [1.165, 1.54) is 16.2 Å². The molecule has 0 aromatic carbocycles. The van der Waals surface area contributed by atoms with Crippen molar-refractivity contribution in [1.82, 2.24) is 15.5 Å². The Labute approximate surface area is 150 Å². The van der Waals surface area contributed by atoms with Gasteiger partial charge in [-0.2, -0.15) is 0 Å². The molecule has 0 aliphatic heterocycles. The van der Waals surface area contributed by atoms with Crippen LogP contribution < -0.4 is 10.6 Å². The minimum absolute atomic E-state index is 0.0174. The first-order chi connectivity index (χ1) is 11.6. The summed E-state index contributed by atoms with van der Waals surface area (Å²) in [5.74, 6) is -0.0560. The number of rotatable bonds is 9. The molecule has 24 heavy (non-hydrogen) atoms. The summed E-state index contributed by atoms with van der Waals surface area (Å²) in [4.78, 5) is 27.8. The van der Waals surface area contributed by atoms with Crippen LogP contribution in [0.25, 0.3) is 0 Å². The van der Waals surface area contributed by atoms with E-state index in [1.54, 1.807) is 17.4 Å². The van der Waals surface area contributed by atoms with Gasteiger partial charge in [-0.15, -0.1) is 22.7 Å². The average Bonchev–Trinajstić information content (AvgIpc) is 3.24. The van der Waals surface area contributed by atoms with Crippen molar-refractivity contribution in [2.24, 2.45) is 0 Å². The fraction of sp³-hybridized carbons (Fsp3) is 0.412. The highest BCUT2D eigenvalue weighted by atomic mass is 32.1. The maximum atomic E-state index is 12.0. The van der Waals surface area contributed by atoms with Crippen LogP contribution in [0.5, 0.6) is 0 Å². The molecule has 2 N–H and O–H groups in total. The van der Waals surface area contributed by atoms with E-state index in [-0.39, 0.29) is 17.9 Å². The molecule has 0 spiro atoms. The lowest BCUT2D eigenvalue weighted by molar-refractivity contribution is -0.121. The van der Waals surface area contributed by atoms with Gasteiger partial charge in [-0.05, 0) is 43.4 Å². The van der Waals surface area contributed by atoms with Gasteiger partial charge in [0, 0.05) is 24.4 Å². The first-order valence-electron chi connectivity index (χ1n) is 7.86. The molecule has 7 heteroatoms. The highest BCUT2D eigenvalue weighted by Crippen LogP contribution is 2.22. The summed E-state index contributed by atoms with van der Waals surface area (Å²) < 4.78 is 0. The van der Waals surface area contributed by atoms with Gasteiger partial charge in [0.15, 0.2) is 0 Å². The summed E-state index contributed by atoms with van der Waals surface area (Å²) in [5, 5.41) is 9.73. The number of nitrogens with zero attached hydrogens (tertiary/aromatic N) is 1. The van der Waals surface area contributed by atoms with Gasteiger partial charge in [0.2, 0.25) is 5.91 Å². The van der Waals surface area contributed by atoms with Crippen molar-refractivity contribution in [3.05, 3.63) is 44.8 Å². The Morgan fingerprint density at radius 2 is 1.88 bits per heavy atom. The Hall–Kier alpha value is -1.70. The van der Waals surface area contributed by atoms with Crippen molar-refractivity contribution in [3.8, 4) is 0 Å². The van der Waals surface area contributed by atoms with E-state index in [0.717, 1.165) is 0 Å². The molecule has 5 nitrogen and oxygen atoms in total. The maximum absolute atomic E-state index is 12.0. The van der Waals surface area contributed by atoms with Gasteiger partial charge in [-0.3, -0.25) is 9.59 Å². The van der Waals surface area contributed by atoms with E-state index >= 15 is 0 Å². The Balaban J connectivity index is 1.65. The van der Waals surface area contributed by atoms with Gasteiger partial charge in [-0.1, -0.05) is 12.1 Å². The quantitative estimate of drug-likeness (QED) is 0.672. The van der Waals surface area contributed by atoms with E-state index in [4.69, 9.17) is 0 Å². The zero-order valence-corrected chi connectivity index (χ0v) is 15.6. The molecular weight excluding hydrogens is 342 g/mol. The lowest BCUT2D eigenvalue weighted by atomic mass is 10.2. The molecule has 1 unspecified atom stereocenters. The monoisotopic (exact) mass is 365 g/mol. The maximum Gasteiger partial charge on any atom is 0.261 e. The molecule has 2 amide bonds. The molecule has 0 radical (unpaired) electrons. The molecule has 0 bridgehead atoms. The average molecular weight is 366 g/mol. The van der Waals surface area contributed by atoms with Crippen LogP contribution in [0.4, 0.5) is 0 Å². The second-order valence-electron chi connectivity index (χ2n) is 5.64. The van der Waals surface area contributed by atoms with E-state index in [9.17, 15) is 9.59 Å². The molecule has 1 atom stereocenters. The Kier molecular flexibility index (Phi) is 7.42. The first kappa shape index (κ1) is 18.6. The van der Waals surface area contributed by atoms with Gasteiger partial charge in [0.1, 0.15) is 0 Å². The van der Waals surface area contributed by atoms with E-state index < -0.39 is 0 Å². The molecule has 130 valence electrons. The highest BCUT2D eigenvalue weighted by Gasteiger charge is 2.16. The lowest BCUT2D eigenvalue weighted by Gasteiger charge is -2.23. The Morgan fingerprint density at radius 1 is 1.12 bits per heavy atom. The number of nitrogens with one attached hydrogen (secondary N) is 2. The lowest BCUT2D eigenvalue weighted by Crippen LogP contribution is -2.34. The molecule has 0 aliphatic rings. The molecule has 0 aliphatic carbocycles. The van der Waals surface area contributed by atoms with Crippen LogP contribution in [0.15, 0.2) is 35.0 Å². The molecule has 2 aromatic heterocycles. The van der Waals surface area contributed by atoms with Gasteiger partial charge in [0.05, 0.1) is 10.9 Å². The summed E-state index contributed by atoms with van der Waals surface area (Å²) in [6, 6.07) is 7.93. The van der Waals surface area contributed by atoms with E-state index in [1.807, 2.05) is 37.0 Å². The van der Waals surface area contributed by atoms with Gasteiger partial charge in [0.25, 0.3) is 5.91 Å². The number of carbonyl (C=O) groups excluding carboxylic acids is 2. The second-order valence-corrected chi connectivity index (χ2v) is 7.56. The smallest absolute Gasteiger partial charge is 0.261 e. The van der Waals surface area contributed by atoms with Crippen molar-refractivity contribution in [2.45, 2.75) is 18.9 Å². The Morgan fingerprint density at radius 3 is 2.50 bits per heavy atom. The predicted molar refractivity (Wildman–Crippen MR) is 99.6 cm³/mol. The van der Waals surface area contributed by atoms with Crippen molar-refractivity contribution in [2.75, 3.05) is 27.2 Å². The van der Waals surface area contributed by atoms with Gasteiger partial charge in [-0.25, -0.2) is 0 Å². The van der Waals surface area contributed by atoms with Crippen LogP contribution in [0.3, 0.4) is 0 Å². The molecule has 0 fully saturated rings. The van der Waals surface area contributed by atoms with E-state index in [2.05, 4.69) is 21.6 Å². The minimum atomic E-state index is -0.0734. The molecular formula is C17H23N3O2S2. The van der Waals surface area contributed by atoms with Crippen LogP contribution in [0.1, 0.15) is 33.4 Å². The summed E-state index contributed by atoms with van der Waals surface area (Å²) in [6.07, 6.45) is 1.05. The number of carbonyl (C=O) groups is 2. The molecule has 2 rings (SSSR count). The zero-order chi connectivity index (χ0) is 17.4. The van der Waals surface area contributed by atoms with Crippen molar-refractivity contribution < 1.29 is 9.59 Å². The summed E-state index contributed by atoms with van der Waals surface area (Å²) >= 11 is 3.11. The number of amides is 2. The number of hydrogen-bond donors (Lipinski definition) is 2. The van der Waals surface area contributed by atoms with Gasteiger partial charge < -0.3 is 15.5 Å². The zero-order valence-electron chi connectivity index (χ0n) is 14.0. The largest absolute Gasteiger partial charge is 0.354 e. The first-order valence-corrected chi connectivity index (χ1v) is 9.62. The van der Waals surface area contributed by atoms with Crippen LogP contribution in [-0.2, 0) is 4.79 Å². The minimum Gasteiger partial charge on any atom is -0.354 e. The molecule has 0 saturated heterocycles. The molecule has 2 heterocycles. The third kappa shape index (κ3) is 5.74. The second kappa shape index (κ2) is 9.56. The number of likely N-dealkylation sites (N-methyl/N-ethyl adjacent to an activating group) is 1. The number of hydrogen-bond acceptors (Lipinski definition) is 5. The topological polar surface area (TPSA) is 61.4 Å². The van der Waals surface area contributed by atoms with Crippen LogP contribution in [-0.4, -0.2) is 43.9 Å². The SMILES string of the molecule is CN(C)C(CNC(=O)CCCNC(=O)c1cccs1)c1cccs1. The van der Waals surface area contributed by atoms with Crippen LogP contribution in [0.2, 0.25) is 0 Å². The summed E-state index contributed by atoms with van der Waals surface area (Å²) in [6.45, 7) is 1.10. The van der Waals surface area contributed by atoms with E-state index in [0.29, 0.717) is 30.8 Å². The van der Waals surface area contributed by atoms with Crippen LogP contribution in [0, 0.1) is 0 Å². The third-order valence-electron chi connectivity index (χ3n) is 3.60. The normalized spacial score (nSPS) is 12.1. The predicted octanol–water partition coefficient (Wildman–Crippen LogP) is 2.74. The molecule has 2 aromatic rings.